The van der Waals surface area contributed by atoms with E-state index in [0.29, 0.717) is 13.0 Å². The van der Waals surface area contributed by atoms with Crippen molar-refractivity contribution in [3.8, 4) is 0 Å². The first-order valence-corrected chi connectivity index (χ1v) is 6.07. The molecule has 0 saturated carbocycles. The topological polar surface area (TPSA) is 196 Å². The first-order valence-electron chi connectivity index (χ1n) is 6.07. The molecule has 20 heavy (non-hydrogen) atoms. The maximum Gasteiger partial charge on any atom is 0.320 e. The van der Waals surface area contributed by atoms with E-state index in [4.69, 9.17) is 22.3 Å². The van der Waals surface area contributed by atoms with Crippen molar-refractivity contribution in [3.05, 3.63) is 0 Å². The number of carbonyl (C=O) groups is 3. The number of carboxylic acids is 3. The highest BCUT2D eigenvalue weighted by Crippen LogP contribution is 1.97. The van der Waals surface area contributed by atoms with Gasteiger partial charge in [-0.3, -0.25) is 4.79 Å². The van der Waals surface area contributed by atoms with Crippen LogP contribution in [-0.2, 0) is 14.4 Å². The summed E-state index contributed by atoms with van der Waals surface area (Å²) in [5.41, 5.74) is 15.3. The van der Waals surface area contributed by atoms with E-state index in [0.717, 1.165) is 12.8 Å². The van der Waals surface area contributed by atoms with E-state index < -0.39 is 30.0 Å². The summed E-state index contributed by atoms with van der Waals surface area (Å²) in [6.45, 7) is 0.604. The summed E-state index contributed by atoms with van der Waals surface area (Å²) in [6.07, 6.45) is 1.66. The van der Waals surface area contributed by atoms with Gasteiger partial charge in [-0.05, 0) is 32.2 Å². The highest BCUT2D eigenvalue weighted by atomic mass is 16.4. The molecule has 9 nitrogen and oxygen atoms in total. The van der Waals surface area contributed by atoms with Crippen LogP contribution >= 0.6 is 0 Å². The fraction of sp³-hybridized carbons (Fsp3) is 0.727. The van der Waals surface area contributed by atoms with Crippen molar-refractivity contribution in [2.24, 2.45) is 17.2 Å². The fourth-order valence-electron chi connectivity index (χ4n) is 1.02. The molecule has 0 bridgehead atoms. The first kappa shape index (κ1) is 20.6. The summed E-state index contributed by atoms with van der Waals surface area (Å²) in [7, 11) is 0. The zero-order chi connectivity index (χ0) is 16.1. The number of aliphatic carboxylic acids is 3. The molecule has 118 valence electrons. The molecule has 2 atom stereocenters. The van der Waals surface area contributed by atoms with Crippen LogP contribution in [0.1, 0.15) is 32.1 Å². The Morgan fingerprint density at radius 3 is 1.90 bits per heavy atom. The molecule has 9 heteroatoms. The van der Waals surface area contributed by atoms with Crippen molar-refractivity contribution >= 4 is 17.9 Å². The lowest BCUT2D eigenvalue weighted by Crippen LogP contribution is -2.42. The Balaban J connectivity index is 0. The van der Waals surface area contributed by atoms with Gasteiger partial charge < -0.3 is 42.1 Å². The third kappa shape index (κ3) is 14.4. The largest absolute Gasteiger partial charge is 0.550 e. The van der Waals surface area contributed by atoms with Crippen molar-refractivity contribution in [1.82, 2.24) is 0 Å². The van der Waals surface area contributed by atoms with Crippen LogP contribution in [0, 0.1) is 0 Å². The van der Waals surface area contributed by atoms with Crippen molar-refractivity contribution < 1.29 is 29.7 Å². The normalized spacial score (nSPS) is 12.8. The monoisotopic (exact) mass is 291 g/mol. The second-order valence-electron chi connectivity index (χ2n) is 4.07. The molecule has 0 saturated heterocycles. The number of carbonyl (C=O) groups excluding carboxylic acids is 2. The van der Waals surface area contributed by atoms with Crippen LogP contribution in [0.25, 0.3) is 0 Å². The van der Waals surface area contributed by atoms with Gasteiger partial charge in [-0.1, -0.05) is 6.42 Å². The molecule has 0 spiro atoms. The van der Waals surface area contributed by atoms with Gasteiger partial charge in [0.15, 0.2) is 0 Å². The number of rotatable bonds is 9. The predicted octanol–water partition coefficient (Wildman–Crippen LogP) is -3.88. The van der Waals surface area contributed by atoms with Gasteiger partial charge in [0.05, 0.1) is 5.97 Å². The first-order chi connectivity index (χ1) is 9.22. The molecule has 0 aliphatic carbocycles. The SMILES string of the molecule is NCCCC[C@H](N)C(=O)O.N[C@@H](CCC(=O)[O-])C(=O)[O-]. The maximum absolute atomic E-state index is 10.1. The molecule has 0 unspecified atom stereocenters. The Kier molecular flexibility index (Phi) is 12.7. The van der Waals surface area contributed by atoms with Crippen LogP contribution in [0.15, 0.2) is 0 Å². The molecule has 0 aliphatic heterocycles. The quantitative estimate of drug-likeness (QED) is 0.307. The lowest BCUT2D eigenvalue weighted by Gasteiger charge is -2.11. The van der Waals surface area contributed by atoms with E-state index in [-0.39, 0.29) is 12.8 Å². The molecule has 0 aliphatic rings. The van der Waals surface area contributed by atoms with Gasteiger partial charge in [-0.15, -0.1) is 0 Å². The Morgan fingerprint density at radius 2 is 1.55 bits per heavy atom. The summed E-state index contributed by atoms with van der Waals surface area (Å²) in [5.74, 6) is -3.69. The predicted molar refractivity (Wildman–Crippen MR) is 65.7 cm³/mol. The highest BCUT2D eigenvalue weighted by Gasteiger charge is 2.09. The van der Waals surface area contributed by atoms with Crippen molar-refractivity contribution in [2.75, 3.05) is 6.54 Å². The minimum atomic E-state index is -1.44. The molecule has 0 rings (SSSR count). The summed E-state index contributed by atoms with van der Waals surface area (Å²) in [6, 6.07) is -1.93. The van der Waals surface area contributed by atoms with Gasteiger partial charge in [0.25, 0.3) is 0 Å². The van der Waals surface area contributed by atoms with Crippen LogP contribution in [0.4, 0.5) is 0 Å². The van der Waals surface area contributed by atoms with Gasteiger partial charge in [-0.25, -0.2) is 0 Å². The van der Waals surface area contributed by atoms with Gasteiger partial charge in [0, 0.05) is 12.0 Å². The lowest BCUT2D eigenvalue weighted by atomic mass is 10.1. The van der Waals surface area contributed by atoms with Gasteiger partial charge in [-0.2, -0.15) is 0 Å². The third-order valence-electron chi connectivity index (χ3n) is 2.25. The summed E-state index contributed by atoms with van der Waals surface area (Å²) in [4.78, 5) is 29.7. The molecular formula is C11H21N3O6-2. The molecule has 0 aromatic carbocycles. The average Bonchev–Trinajstić information content (AvgIpc) is 2.36. The second-order valence-corrected chi connectivity index (χ2v) is 4.07. The van der Waals surface area contributed by atoms with Crippen LogP contribution in [0.2, 0.25) is 0 Å². The Labute approximate surface area is 116 Å². The highest BCUT2D eigenvalue weighted by molar-refractivity contribution is 5.73. The Bertz CT molecular complexity index is 311. The molecule has 0 fully saturated rings. The lowest BCUT2D eigenvalue weighted by molar-refractivity contribution is -0.309. The van der Waals surface area contributed by atoms with Crippen LogP contribution in [0.5, 0.6) is 0 Å². The summed E-state index contributed by atoms with van der Waals surface area (Å²) >= 11 is 0. The van der Waals surface area contributed by atoms with E-state index in [9.17, 15) is 24.6 Å². The molecule has 0 heterocycles. The smallest absolute Gasteiger partial charge is 0.320 e. The Hall–Kier alpha value is -1.71. The van der Waals surface area contributed by atoms with E-state index in [2.05, 4.69) is 0 Å². The molecule has 0 aromatic heterocycles. The second kappa shape index (κ2) is 12.3. The van der Waals surface area contributed by atoms with Crippen LogP contribution in [0.3, 0.4) is 0 Å². The maximum atomic E-state index is 10.1. The molecule has 0 amide bonds. The number of hydrogen-bond donors (Lipinski definition) is 4. The minimum Gasteiger partial charge on any atom is -0.550 e. The van der Waals surface area contributed by atoms with Crippen LogP contribution in [-0.4, -0.2) is 41.6 Å². The Morgan fingerprint density at radius 1 is 1.00 bits per heavy atom. The number of nitrogens with two attached hydrogens (primary N) is 3. The fourth-order valence-corrected chi connectivity index (χ4v) is 1.02. The van der Waals surface area contributed by atoms with E-state index in [1.807, 2.05) is 0 Å². The number of carboxylic acid groups (broad SMARTS) is 3. The van der Waals surface area contributed by atoms with Crippen molar-refractivity contribution in [1.29, 1.82) is 0 Å². The van der Waals surface area contributed by atoms with Crippen molar-refractivity contribution in [2.45, 2.75) is 44.2 Å². The third-order valence-corrected chi connectivity index (χ3v) is 2.25. The van der Waals surface area contributed by atoms with Gasteiger partial charge >= 0.3 is 5.97 Å². The van der Waals surface area contributed by atoms with Gasteiger partial charge in [0.1, 0.15) is 6.04 Å². The van der Waals surface area contributed by atoms with E-state index >= 15 is 0 Å². The van der Waals surface area contributed by atoms with E-state index in [1.165, 1.54) is 0 Å². The standard InChI is InChI=1S/C6H14N2O2.C5H9NO4/c7-4-2-1-3-5(8)6(9)10;6-3(5(9)10)1-2-4(7)8/h5H,1-4,7-8H2,(H,9,10);3H,1-2,6H2,(H,7,8)(H,9,10)/p-2/t5-;3-/m00/s1. The minimum absolute atomic E-state index is 0.148. The summed E-state index contributed by atoms with van der Waals surface area (Å²) < 4.78 is 0. The molecule has 0 radical (unpaired) electrons. The molecule has 0 aromatic rings. The zero-order valence-corrected chi connectivity index (χ0v) is 11.1. The molecular weight excluding hydrogens is 270 g/mol. The van der Waals surface area contributed by atoms with Crippen molar-refractivity contribution in [3.63, 3.8) is 0 Å². The van der Waals surface area contributed by atoms with E-state index in [1.54, 1.807) is 0 Å². The average molecular weight is 291 g/mol. The summed E-state index contributed by atoms with van der Waals surface area (Å²) in [5, 5.41) is 27.9. The molecule has 7 N–H and O–H groups in total. The van der Waals surface area contributed by atoms with Gasteiger partial charge in [0.2, 0.25) is 0 Å². The number of hydrogen-bond acceptors (Lipinski definition) is 8. The van der Waals surface area contributed by atoms with Crippen LogP contribution < -0.4 is 27.4 Å². The zero-order valence-electron chi connectivity index (χ0n) is 11.1. The number of unbranched alkanes of at least 4 members (excludes halogenated alkanes) is 1.